The molecular weight excluding hydrogens is 262 g/mol. The van der Waals surface area contributed by atoms with Crippen LogP contribution < -0.4 is 5.32 Å². The Bertz CT molecular complexity index is 656. The van der Waals surface area contributed by atoms with Gasteiger partial charge in [-0.15, -0.1) is 0 Å². The molecule has 0 atom stereocenters. The van der Waals surface area contributed by atoms with Gasteiger partial charge in [-0.2, -0.15) is 10.2 Å². The van der Waals surface area contributed by atoms with E-state index in [4.69, 9.17) is 5.11 Å². The number of aromatic nitrogens is 4. The normalized spacial score (nSPS) is 11.3. The Morgan fingerprint density at radius 2 is 2.05 bits per heavy atom. The molecule has 0 aliphatic carbocycles. The van der Waals surface area contributed by atoms with Crippen molar-refractivity contribution in [3.63, 3.8) is 0 Å². The lowest BCUT2D eigenvalue weighted by Gasteiger charge is -2.19. The molecule has 0 bridgehead atoms. The second-order valence-electron chi connectivity index (χ2n) is 4.83. The summed E-state index contributed by atoms with van der Waals surface area (Å²) in [5.74, 6) is -1.34. The summed E-state index contributed by atoms with van der Waals surface area (Å²) >= 11 is 0. The molecule has 2 N–H and O–H groups in total. The number of carboxylic acid groups (broad SMARTS) is 1. The van der Waals surface area contributed by atoms with Crippen LogP contribution >= 0.6 is 0 Å². The van der Waals surface area contributed by atoms with Crippen LogP contribution in [0.3, 0.4) is 0 Å². The molecule has 0 aliphatic rings. The number of hydrogen-bond donors (Lipinski definition) is 2. The number of anilines is 1. The van der Waals surface area contributed by atoms with E-state index in [1.54, 1.807) is 13.1 Å². The number of nitrogens with zero attached hydrogens (tertiary/aromatic N) is 4. The molecule has 106 valence electrons. The molecule has 1 amide bonds. The Labute approximate surface area is 115 Å². The third-order valence-corrected chi connectivity index (χ3v) is 2.99. The van der Waals surface area contributed by atoms with E-state index < -0.39 is 11.5 Å². The van der Waals surface area contributed by atoms with E-state index in [9.17, 15) is 9.59 Å². The molecule has 0 saturated heterocycles. The van der Waals surface area contributed by atoms with Crippen molar-refractivity contribution >= 4 is 17.6 Å². The maximum atomic E-state index is 12.0. The molecule has 0 spiro atoms. The fraction of sp³-hybridized carbons (Fsp3) is 0.333. The van der Waals surface area contributed by atoms with E-state index >= 15 is 0 Å². The van der Waals surface area contributed by atoms with Gasteiger partial charge in [-0.05, 0) is 19.9 Å². The van der Waals surface area contributed by atoms with E-state index in [0.717, 1.165) is 0 Å². The highest BCUT2D eigenvalue weighted by molar-refractivity contribution is 6.02. The number of amides is 1. The molecule has 8 heteroatoms. The first-order valence-corrected chi connectivity index (χ1v) is 5.90. The smallest absolute Gasteiger partial charge is 0.331 e. The highest BCUT2D eigenvalue weighted by Gasteiger charge is 2.30. The predicted octanol–water partition coefficient (Wildman–Crippen LogP) is 0.689. The predicted molar refractivity (Wildman–Crippen MR) is 70.3 cm³/mol. The molecule has 0 aliphatic heterocycles. The summed E-state index contributed by atoms with van der Waals surface area (Å²) in [4.78, 5) is 23.1. The maximum absolute atomic E-state index is 12.0. The maximum Gasteiger partial charge on any atom is 0.331 e. The molecule has 0 aromatic carbocycles. The fourth-order valence-electron chi connectivity index (χ4n) is 1.58. The van der Waals surface area contributed by atoms with Gasteiger partial charge in [0.2, 0.25) is 0 Å². The van der Waals surface area contributed by atoms with Gasteiger partial charge in [0.1, 0.15) is 5.69 Å². The summed E-state index contributed by atoms with van der Waals surface area (Å²) in [6, 6.07) is 1.58. The zero-order chi connectivity index (χ0) is 14.9. The monoisotopic (exact) mass is 277 g/mol. The Balaban J connectivity index is 2.17. The van der Waals surface area contributed by atoms with Crippen molar-refractivity contribution in [3.05, 3.63) is 30.4 Å². The summed E-state index contributed by atoms with van der Waals surface area (Å²) in [6.07, 6.45) is 4.40. The number of aliphatic carboxylic acids is 1. The SMILES string of the molecule is Cn1nccc1C(=O)Nc1cnn(C(C)(C)C(=O)O)c1. The van der Waals surface area contributed by atoms with E-state index in [2.05, 4.69) is 15.5 Å². The largest absolute Gasteiger partial charge is 0.479 e. The van der Waals surface area contributed by atoms with Crippen molar-refractivity contribution in [3.8, 4) is 0 Å². The van der Waals surface area contributed by atoms with Crippen LogP contribution in [0, 0.1) is 0 Å². The Hall–Kier alpha value is -2.64. The van der Waals surface area contributed by atoms with Crippen LogP contribution in [0.5, 0.6) is 0 Å². The molecule has 0 saturated carbocycles. The van der Waals surface area contributed by atoms with Gasteiger partial charge in [0.15, 0.2) is 5.54 Å². The minimum atomic E-state index is -1.19. The minimum absolute atomic E-state index is 0.335. The highest BCUT2D eigenvalue weighted by atomic mass is 16.4. The van der Waals surface area contributed by atoms with E-state index in [1.807, 2.05) is 0 Å². The van der Waals surface area contributed by atoms with Gasteiger partial charge < -0.3 is 10.4 Å². The van der Waals surface area contributed by atoms with Crippen molar-refractivity contribution in [1.82, 2.24) is 19.6 Å². The number of hydrogen-bond acceptors (Lipinski definition) is 4. The number of rotatable bonds is 4. The third-order valence-electron chi connectivity index (χ3n) is 2.99. The summed E-state index contributed by atoms with van der Waals surface area (Å²) in [7, 11) is 1.66. The van der Waals surface area contributed by atoms with Crippen LogP contribution in [0.2, 0.25) is 0 Å². The van der Waals surface area contributed by atoms with Gasteiger partial charge in [-0.1, -0.05) is 0 Å². The average Bonchev–Trinajstić information content (AvgIpc) is 2.97. The molecule has 0 fully saturated rings. The molecule has 2 heterocycles. The first-order chi connectivity index (χ1) is 9.32. The Morgan fingerprint density at radius 1 is 1.35 bits per heavy atom. The minimum Gasteiger partial charge on any atom is -0.479 e. The second-order valence-corrected chi connectivity index (χ2v) is 4.83. The van der Waals surface area contributed by atoms with Crippen LogP contribution in [-0.2, 0) is 17.4 Å². The van der Waals surface area contributed by atoms with Gasteiger partial charge in [0.25, 0.3) is 5.91 Å². The second kappa shape index (κ2) is 4.80. The number of carboxylic acids is 1. The Morgan fingerprint density at radius 3 is 2.60 bits per heavy atom. The van der Waals surface area contributed by atoms with Gasteiger partial charge in [-0.3, -0.25) is 14.2 Å². The molecule has 8 nitrogen and oxygen atoms in total. The van der Waals surface area contributed by atoms with E-state index in [1.165, 1.54) is 41.8 Å². The lowest BCUT2D eigenvalue weighted by molar-refractivity contribution is -0.146. The lowest BCUT2D eigenvalue weighted by atomic mass is 10.1. The van der Waals surface area contributed by atoms with E-state index in [0.29, 0.717) is 11.4 Å². The molecule has 0 unspecified atom stereocenters. The summed E-state index contributed by atoms with van der Waals surface area (Å²) in [5, 5.41) is 19.6. The van der Waals surface area contributed by atoms with Crippen molar-refractivity contribution in [1.29, 1.82) is 0 Å². The average molecular weight is 277 g/mol. The summed E-state index contributed by atoms with van der Waals surface area (Å²) < 4.78 is 2.73. The number of aryl methyl sites for hydroxylation is 1. The van der Waals surface area contributed by atoms with Crippen LogP contribution in [0.4, 0.5) is 5.69 Å². The number of carbonyl (C=O) groups excluding carboxylic acids is 1. The zero-order valence-corrected chi connectivity index (χ0v) is 11.4. The first kappa shape index (κ1) is 13.8. The zero-order valence-electron chi connectivity index (χ0n) is 11.4. The lowest BCUT2D eigenvalue weighted by Crippen LogP contribution is -2.35. The summed E-state index contributed by atoms with van der Waals surface area (Å²) in [6.45, 7) is 3.05. The van der Waals surface area contributed by atoms with Crippen LogP contribution in [0.1, 0.15) is 24.3 Å². The van der Waals surface area contributed by atoms with Gasteiger partial charge in [0.05, 0.1) is 11.9 Å². The number of nitrogens with one attached hydrogen (secondary N) is 1. The molecule has 2 aromatic rings. The standard InChI is InChI=1S/C12H15N5O3/c1-12(2,11(19)20)17-7-8(6-14-17)15-10(18)9-4-5-13-16(9)3/h4-7H,1-3H3,(H,15,18)(H,19,20). The van der Waals surface area contributed by atoms with E-state index in [-0.39, 0.29) is 5.91 Å². The van der Waals surface area contributed by atoms with Crippen molar-refractivity contribution < 1.29 is 14.7 Å². The topological polar surface area (TPSA) is 102 Å². The molecule has 20 heavy (non-hydrogen) atoms. The highest BCUT2D eigenvalue weighted by Crippen LogP contribution is 2.17. The summed E-state index contributed by atoms with van der Waals surface area (Å²) in [5.41, 5.74) is -0.365. The molecule has 0 radical (unpaired) electrons. The van der Waals surface area contributed by atoms with Crippen LogP contribution in [0.15, 0.2) is 24.7 Å². The first-order valence-electron chi connectivity index (χ1n) is 5.90. The molecule has 2 aromatic heterocycles. The third kappa shape index (κ3) is 2.40. The van der Waals surface area contributed by atoms with Gasteiger partial charge in [-0.25, -0.2) is 4.79 Å². The Kier molecular flexibility index (Phi) is 3.31. The van der Waals surface area contributed by atoms with Gasteiger partial charge >= 0.3 is 5.97 Å². The van der Waals surface area contributed by atoms with Crippen molar-refractivity contribution in [2.24, 2.45) is 7.05 Å². The van der Waals surface area contributed by atoms with Crippen LogP contribution in [-0.4, -0.2) is 36.5 Å². The number of carbonyl (C=O) groups is 2. The molecular formula is C12H15N5O3. The molecule has 2 rings (SSSR count). The van der Waals surface area contributed by atoms with Crippen molar-refractivity contribution in [2.45, 2.75) is 19.4 Å². The van der Waals surface area contributed by atoms with Crippen molar-refractivity contribution in [2.75, 3.05) is 5.32 Å². The quantitative estimate of drug-likeness (QED) is 0.856. The fourth-order valence-corrected chi connectivity index (χ4v) is 1.58. The van der Waals surface area contributed by atoms with Crippen LogP contribution in [0.25, 0.3) is 0 Å². The van der Waals surface area contributed by atoms with Gasteiger partial charge in [0, 0.05) is 19.4 Å².